The molecule has 0 nitrogen and oxygen atoms in total. The molecule has 0 aromatic heterocycles. The Labute approximate surface area is 217 Å². The van der Waals surface area contributed by atoms with Crippen LogP contribution in [0.2, 0.25) is 0 Å². The van der Waals surface area contributed by atoms with Crippen LogP contribution in [0.3, 0.4) is 0 Å². The minimum absolute atomic E-state index is 0.422. The van der Waals surface area contributed by atoms with Gasteiger partial charge in [0.1, 0.15) is 0 Å². The zero-order valence-corrected chi connectivity index (χ0v) is 21.9. The molecule has 0 aliphatic heterocycles. The van der Waals surface area contributed by atoms with Gasteiger partial charge in [0.05, 0.1) is 5.41 Å². The summed E-state index contributed by atoms with van der Waals surface area (Å²) in [6, 6.07) is 41.9. The molecule has 0 N–H and O–H groups in total. The fraction of sp³-hybridized carbons (Fsp3) is 0.0625. The zero-order chi connectivity index (χ0) is 23.3. The van der Waals surface area contributed by atoms with Gasteiger partial charge >= 0.3 is 0 Å². The molecule has 0 bridgehead atoms. The van der Waals surface area contributed by atoms with Crippen LogP contribution < -0.4 is 0 Å². The van der Waals surface area contributed by atoms with Crippen LogP contribution >= 0.6 is 31.9 Å². The van der Waals surface area contributed by atoms with E-state index in [1.165, 1.54) is 50.1 Å². The van der Waals surface area contributed by atoms with Crippen molar-refractivity contribution < 1.29 is 0 Å². The first-order valence-corrected chi connectivity index (χ1v) is 13.0. The van der Waals surface area contributed by atoms with Gasteiger partial charge in [0, 0.05) is 8.95 Å². The van der Waals surface area contributed by atoms with E-state index in [4.69, 9.17) is 0 Å². The zero-order valence-electron chi connectivity index (χ0n) is 18.7. The van der Waals surface area contributed by atoms with E-state index in [9.17, 15) is 0 Å². The van der Waals surface area contributed by atoms with Crippen LogP contribution in [-0.4, -0.2) is 0 Å². The van der Waals surface area contributed by atoms with E-state index in [1.54, 1.807) is 0 Å². The summed E-state index contributed by atoms with van der Waals surface area (Å²) in [5, 5.41) is 0. The minimum atomic E-state index is -0.422. The molecule has 5 aromatic carbocycles. The molecule has 0 radical (unpaired) electrons. The average molecular weight is 566 g/mol. The Morgan fingerprint density at radius 1 is 0.529 bits per heavy atom. The van der Waals surface area contributed by atoms with Gasteiger partial charge in [-0.05, 0) is 81.3 Å². The van der Waals surface area contributed by atoms with Gasteiger partial charge in [0.25, 0.3) is 0 Å². The highest BCUT2D eigenvalue weighted by molar-refractivity contribution is 9.10. The SMILES string of the molecule is Cc1cccc2c1-c1c(-c3ccccc3)cccc1C2(c1cccc(Br)c1)c1cccc(Br)c1. The second-order valence-corrected chi connectivity index (χ2v) is 10.7. The maximum absolute atomic E-state index is 3.76. The number of aryl methyl sites for hydroxylation is 1. The van der Waals surface area contributed by atoms with E-state index < -0.39 is 5.41 Å². The maximum atomic E-state index is 3.76. The third-order valence-corrected chi connectivity index (χ3v) is 7.98. The Hall–Kier alpha value is -2.94. The highest BCUT2D eigenvalue weighted by Gasteiger charge is 2.47. The number of fused-ring (bicyclic) bond motifs is 3. The smallest absolute Gasteiger partial charge is 0.0622 e. The highest BCUT2D eigenvalue weighted by atomic mass is 79.9. The molecule has 1 aliphatic rings. The Bertz CT molecular complexity index is 1490. The monoisotopic (exact) mass is 564 g/mol. The summed E-state index contributed by atoms with van der Waals surface area (Å²) >= 11 is 7.51. The topological polar surface area (TPSA) is 0 Å². The van der Waals surface area contributed by atoms with Gasteiger partial charge in [-0.1, -0.05) is 123 Å². The summed E-state index contributed by atoms with van der Waals surface area (Å²) in [5.41, 5.74) is 11.3. The molecule has 0 saturated heterocycles. The summed E-state index contributed by atoms with van der Waals surface area (Å²) in [6.45, 7) is 2.24. The molecule has 6 rings (SSSR count). The van der Waals surface area contributed by atoms with Crippen molar-refractivity contribution in [2.24, 2.45) is 0 Å². The van der Waals surface area contributed by atoms with Gasteiger partial charge < -0.3 is 0 Å². The summed E-state index contributed by atoms with van der Waals surface area (Å²) < 4.78 is 2.17. The van der Waals surface area contributed by atoms with Crippen LogP contribution in [-0.2, 0) is 5.41 Å². The minimum Gasteiger partial charge on any atom is -0.0622 e. The molecule has 0 unspecified atom stereocenters. The molecule has 1 aliphatic carbocycles. The first-order chi connectivity index (χ1) is 16.6. The lowest BCUT2D eigenvalue weighted by atomic mass is 9.67. The molecular formula is C32H22Br2. The molecule has 0 amide bonds. The van der Waals surface area contributed by atoms with Crippen molar-refractivity contribution in [1.82, 2.24) is 0 Å². The second-order valence-electron chi connectivity index (χ2n) is 8.86. The third-order valence-electron chi connectivity index (χ3n) is 7.00. The fourth-order valence-corrected chi connectivity index (χ4v) is 6.48. The van der Waals surface area contributed by atoms with Crippen LogP contribution in [0, 0.1) is 6.92 Å². The summed E-state index contributed by atoms with van der Waals surface area (Å²) in [5.74, 6) is 0. The lowest BCUT2D eigenvalue weighted by Crippen LogP contribution is -2.28. The number of benzene rings is 5. The van der Waals surface area contributed by atoms with Crippen molar-refractivity contribution in [3.05, 3.63) is 152 Å². The van der Waals surface area contributed by atoms with Crippen LogP contribution in [0.5, 0.6) is 0 Å². The molecule has 0 saturated carbocycles. The molecule has 2 heteroatoms. The Kier molecular flexibility index (Phi) is 5.32. The van der Waals surface area contributed by atoms with Gasteiger partial charge in [0.2, 0.25) is 0 Å². The van der Waals surface area contributed by atoms with Crippen molar-refractivity contribution in [3.63, 3.8) is 0 Å². The molecule has 0 heterocycles. The van der Waals surface area contributed by atoms with Gasteiger partial charge in [0.15, 0.2) is 0 Å². The van der Waals surface area contributed by atoms with Crippen molar-refractivity contribution >= 4 is 31.9 Å². The number of rotatable bonds is 3. The third kappa shape index (κ3) is 3.16. The molecule has 0 atom stereocenters. The lowest BCUT2D eigenvalue weighted by Gasteiger charge is -2.34. The quantitative estimate of drug-likeness (QED) is 0.200. The van der Waals surface area contributed by atoms with E-state index >= 15 is 0 Å². The van der Waals surface area contributed by atoms with Gasteiger partial charge in [-0.15, -0.1) is 0 Å². The average Bonchev–Trinajstić information content (AvgIpc) is 3.17. The number of hydrogen-bond donors (Lipinski definition) is 0. The van der Waals surface area contributed by atoms with Crippen molar-refractivity contribution in [1.29, 1.82) is 0 Å². The van der Waals surface area contributed by atoms with Gasteiger partial charge in [-0.25, -0.2) is 0 Å². The molecule has 0 spiro atoms. The summed E-state index contributed by atoms with van der Waals surface area (Å²) in [4.78, 5) is 0. The maximum Gasteiger partial charge on any atom is 0.0714 e. The normalized spacial score (nSPS) is 13.4. The van der Waals surface area contributed by atoms with Crippen LogP contribution in [0.15, 0.2) is 124 Å². The van der Waals surface area contributed by atoms with E-state index in [-0.39, 0.29) is 0 Å². The molecular weight excluding hydrogens is 544 g/mol. The molecule has 0 fully saturated rings. The van der Waals surface area contributed by atoms with Crippen LogP contribution in [0.25, 0.3) is 22.3 Å². The van der Waals surface area contributed by atoms with Crippen molar-refractivity contribution in [3.8, 4) is 22.3 Å². The Balaban J connectivity index is 1.83. The lowest BCUT2D eigenvalue weighted by molar-refractivity contribution is 0.767. The molecule has 34 heavy (non-hydrogen) atoms. The predicted molar refractivity (Wildman–Crippen MR) is 149 cm³/mol. The van der Waals surface area contributed by atoms with Crippen molar-refractivity contribution in [2.45, 2.75) is 12.3 Å². The number of halogens is 2. The van der Waals surface area contributed by atoms with E-state index in [1.807, 2.05) is 0 Å². The molecule has 5 aromatic rings. The predicted octanol–water partition coefficient (Wildman–Crippen LogP) is 9.55. The largest absolute Gasteiger partial charge is 0.0714 e. The summed E-state index contributed by atoms with van der Waals surface area (Å²) in [7, 11) is 0. The van der Waals surface area contributed by atoms with Crippen LogP contribution in [0.1, 0.15) is 27.8 Å². The summed E-state index contributed by atoms with van der Waals surface area (Å²) in [6.07, 6.45) is 0. The van der Waals surface area contributed by atoms with E-state index in [0.717, 1.165) is 8.95 Å². The standard InChI is InChI=1S/C32H22Br2/c1-21-9-5-17-28-30(21)31-27(22-10-3-2-4-11-22)16-8-18-29(31)32(28,23-12-6-14-25(33)19-23)24-13-7-15-26(34)20-24/h2-20H,1H3. The Morgan fingerprint density at radius 3 is 1.71 bits per heavy atom. The highest BCUT2D eigenvalue weighted by Crippen LogP contribution is 2.59. The first-order valence-electron chi connectivity index (χ1n) is 11.4. The van der Waals surface area contributed by atoms with E-state index in [2.05, 4.69) is 154 Å². The van der Waals surface area contributed by atoms with Gasteiger partial charge in [-0.3, -0.25) is 0 Å². The Morgan fingerprint density at radius 2 is 1.09 bits per heavy atom. The molecule has 164 valence electrons. The first kappa shape index (κ1) is 21.6. The second kappa shape index (κ2) is 8.37. The number of hydrogen-bond acceptors (Lipinski definition) is 0. The van der Waals surface area contributed by atoms with Gasteiger partial charge in [-0.2, -0.15) is 0 Å². The van der Waals surface area contributed by atoms with E-state index in [0.29, 0.717) is 0 Å². The van der Waals surface area contributed by atoms with Crippen molar-refractivity contribution in [2.75, 3.05) is 0 Å². The fourth-order valence-electron chi connectivity index (χ4n) is 5.68. The van der Waals surface area contributed by atoms with Crippen LogP contribution in [0.4, 0.5) is 0 Å².